The maximum Gasteiger partial charge on any atom is 0.0932 e. The summed E-state index contributed by atoms with van der Waals surface area (Å²) in [5, 5.41) is 2.86. The SMILES string of the molecule is C.CCc1cccc(-c2cccc(CC)c2)c1.CCc1cccc(C2CCCC(CC)C2)c1.CCc1cccc2c1sc1c(CC)cccc12.[B]C(P)C#CC.[B]CC#CC#C.[HH].[HH].[HH]. The highest BCUT2D eigenvalue weighted by atomic mass is 32.1. The normalized spacial score (nSPS) is 14.0. The molecule has 6 aromatic rings. The smallest absolute Gasteiger partial charge is 0.0932 e. The maximum absolute atomic E-state index is 5.19. The number of aryl methyl sites for hydroxylation is 5. The van der Waals surface area contributed by atoms with E-state index in [0.29, 0.717) is 6.32 Å². The molecule has 1 aromatic heterocycles. The van der Waals surface area contributed by atoms with Gasteiger partial charge in [0, 0.05) is 24.5 Å². The molecule has 5 aromatic carbocycles. The molecular formula is C58H77B2PS. The molecule has 0 nitrogen and oxygen atoms in total. The second-order valence-electron chi connectivity index (χ2n) is 15.3. The van der Waals surface area contributed by atoms with Crippen molar-refractivity contribution in [1.82, 2.24) is 0 Å². The van der Waals surface area contributed by atoms with Crippen LogP contribution < -0.4 is 0 Å². The van der Waals surface area contributed by atoms with Crippen molar-refractivity contribution in [1.29, 1.82) is 0 Å². The van der Waals surface area contributed by atoms with E-state index in [0.717, 1.165) is 43.9 Å². The van der Waals surface area contributed by atoms with E-state index in [1.165, 1.54) is 91.2 Å². The van der Waals surface area contributed by atoms with Gasteiger partial charge >= 0.3 is 0 Å². The highest BCUT2D eigenvalue weighted by Gasteiger charge is 2.22. The molecule has 0 aliphatic heterocycles. The Morgan fingerprint density at radius 1 is 0.710 bits per heavy atom. The van der Waals surface area contributed by atoms with Crippen molar-refractivity contribution in [3.05, 3.63) is 143 Å². The van der Waals surface area contributed by atoms with Crippen molar-refractivity contribution < 1.29 is 4.28 Å². The van der Waals surface area contributed by atoms with Gasteiger partial charge in [0.25, 0.3) is 0 Å². The van der Waals surface area contributed by atoms with Crippen LogP contribution in [0.1, 0.15) is 132 Å². The number of hydrogen-bond donors (Lipinski definition) is 0. The summed E-state index contributed by atoms with van der Waals surface area (Å²) >= 11 is 1.96. The van der Waals surface area contributed by atoms with Gasteiger partial charge in [0.15, 0.2) is 0 Å². The van der Waals surface area contributed by atoms with Crippen LogP contribution in [0.2, 0.25) is 6.32 Å². The molecule has 1 aliphatic carbocycles. The highest BCUT2D eigenvalue weighted by molar-refractivity contribution is 7.26. The summed E-state index contributed by atoms with van der Waals surface area (Å²) < 4.78 is 2.96. The summed E-state index contributed by atoms with van der Waals surface area (Å²) in [5.41, 5.74) is 11.5. The van der Waals surface area contributed by atoms with E-state index in [1.54, 1.807) is 12.5 Å². The molecule has 4 radical (unpaired) electrons. The molecular weight excluding hydrogens is 781 g/mol. The first-order valence-corrected chi connectivity index (χ1v) is 23.9. The number of fused-ring (bicyclic) bond motifs is 3. The van der Waals surface area contributed by atoms with E-state index in [4.69, 9.17) is 22.1 Å². The fourth-order valence-corrected chi connectivity index (χ4v) is 9.37. The minimum Gasteiger partial charge on any atom is -0.135 e. The maximum atomic E-state index is 5.19. The van der Waals surface area contributed by atoms with Crippen LogP contribution in [0.3, 0.4) is 0 Å². The molecule has 1 fully saturated rings. The zero-order valence-corrected chi connectivity index (χ0v) is 40.1. The zero-order chi connectivity index (χ0) is 44.4. The lowest BCUT2D eigenvalue weighted by molar-refractivity contribution is 0.314. The lowest BCUT2D eigenvalue weighted by Crippen LogP contribution is -2.13. The van der Waals surface area contributed by atoms with E-state index in [9.17, 15) is 0 Å². The van der Waals surface area contributed by atoms with Crippen LogP contribution in [0.15, 0.2) is 109 Å². The second kappa shape index (κ2) is 30.6. The Bertz CT molecular complexity index is 2290. The van der Waals surface area contributed by atoms with Crippen LogP contribution >= 0.6 is 20.6 Å². The van der Waals surface area contributed by atoms with Gasteiger partial charge in [-0.1, -0.05) is 183 Å². The number of thiophene rings is 1. The summed E-state index contributed by atoms with van der Waals surface area (Å²) in [6.45, 7) is 15.2. The predicted molar refractivity (Wildman–Crippen MR) is 292 cm³/mol. The average molecular weight is 859 g/mol. The van der Waals surface area contributed by atoms with E-state index in [1.807, 2.05) is 11.3 Å². The van der Waals surface area contributed by atoms with Crippen LogP contribution in [-0.2, 0) is 32.1 Å². The quantitative estimate of drug-likeness (QED) is 0.0813. The number of rotatable bonds is 8. The van der Waals surface area contributed by atoms with Crippen molar-refractivity contribution >= 4 is 56.4 Å². The van der Waals surface area contributed by atoms with Gasteiger partial charge in [-0.15, -0.1) is 38.8 Å². The fraction of sp³-hybridized carbons (Fsp3) is 0.379. The summed E-state index contributed by atoms with van der Waals surface area (Å²) in [7, 11) is 12.5. The second-order valence-corrected chi connectivity index (χ2v) is 17.1. The molecule has 4 atom stereocenters. The molecule has 0 spiro atoms. The van der Waals surface area contributed by atoms with Gasteiger partial charge in [0.2, 0.25) is 0 Å². The minimum atomic E-state index is -0.0463. The standard InChI is InChI=1S/C16H16S.C16H24.C16H18.C5H3B.C4H6BP.CH4.3H2/c1-3-11-7-5-9-13-14-10-6-8-12(4-2)16(14)17-15(11)13;2*1-3-13-7-5-9-15(11-13)16-10-6-8-14(4-2)12-16;1-2-3-4-5-6;1-2-3-4(5)6;;;;/h5-10H,3-4H2,1-2H3;5,7,9,11,14,16H,3-4,6,8,10,12H2,1-2H3;5-12H,3-4H2,1-2H3;1H,5H2;4H,6H2,1H3;1H4;3*1H. The fourth-order valence-electron chi connectivity index (χ4n) is 7.74. The average Bonchev–Trinajstić information content (AvgIpc) is 3.71. The largest absolute Gasteiger partial charge is 0.135 e. The van der Waals surface area contributed by atoms with Crippen molar-refractivity contribution in [3.63, 3.8) is 0 Å². The molecule has 1 heterocycles. The first-order valence-electron chi connectivity index (χ1n) is 22.5. The van der Waals surface area contributed by atoms with Crippen LogP contribution in [0.25, 0.3) is 31.3 Å². The molecule has 7 rings (SSSR count). The molecule has 1 saturated carbocycles. The lowest BCUT2D eigenvalue weighted by Gasteiger charge is -2.29. The van der Waals surface area contributed by atoms with Gasteiger partial charge in [0.05, 0.1) is 15.7 Å². The molecule has 4 unspecified atom stereocenters. The molecule has 4 heteroatoms. The Hall–Kier alpha value is -4.44. The van der Waals surface area contributed by atoms with Gasteiger partial charge in [0.1, 0.15) is 0 Å². The molecule has 326 valence electrons. The van der Waals surface area contributed by atoms with Crippen molar-refractivity contribution in [2.45, 2.75) is 138 Å². The topological polar surface area (TPSA) is 0 Å². The summed E-state index contributed by atoms with van der Waals surface area (Å²) in [6.07, 6.45) is 17.8. The van der Waals surface area contributed by atoms with Gasteiger partial charge in [-0.2, -0.15) is 0 Å². The van der Waals surface area contributed by atoms with E-state index in [2.05, 4.69) is 190 Å². The van der Waals surface area contributed by atoms with E-state index < -0.39 is 0 Å². The molecule has 0 saturated heterocycles. The van der Waals surface area contributed by atoms with Crippen LogP contribution in [-0.4, -0.2) is 21.3 Å². The Morgan fingerprint density at radius 3 is 1.61 bits per heavy atom. The predicted octanol–water partition coefficient (Wildman–Crippen LogP) is 16.6. The molecule has 0 bridgehead atoms. The van der Waals surface area contributed by atoms with Crippen LogP contribution in [0.4, 0.5) is 0 Å². The monoisotopic (exact) mass is 859 g/mol. The van der Waals surface area contributed by atoms with Crippen LogP contribution in [0, 0.1) is 41.9 Å². The first kappa shape index (κ1) is 53.7. The summed E-state index contributed by atoms with van der Waals surface area (Å²) in [4.78, 5) is 0. The third-order valence-electron chi connectivity index (χ3n) is 11.2. The van der Waals surface area contributed by atoms with Crippen LogP contribution in [0.5, 0.6) is 0 Å². The van der Waals surface area contributed by atoms with Gasteiger partial charge in [-0.05, 0) is 132 Å². The third-order valence-corrected chi connectivity index (χ3v) is 12.8. The number of benzene rings is 5. The van der Waals surface area contributed by atoms with Gasteiger partial charge < -0.3 is 0 Å². The Morgan fingerprint density at radius 2 is 1.21 bits per heavy atom. The molecule has 62 heavy (non-hydrogen) atoms. The van der Waals surface area contributed by atoms with Gasteiger partial charge in [-0.3, -0.25) is 0 Å². The number of terminal acetylenes is 1. The number of hydrogen-bond acceptors (Lipinski definition) is 1. The summed E-state index contributed by atoms with van der Waals surface area (Å²) in [6, 6.07) is 40.3. The lowest BCUT2D eigenvalue weighted by atomic mass is 9.77. The molecule has 0 N–H and O–H groups in total. The van der Waals surface area contributed by atoms with Crippen molar-refractivity contribution in [2.75, 3.05) is 0 Å². The summed E-state index contributed by atoms with van der Waals surface area (Å²) in [5.74, 6) is 14.2. The Kier molecular flexibility index (Phi) is 26.5. The van der Waals surface area contributed by atoms with E-state index in [-0.39, 0.29) is 17.3 Å². The highest BCUT2D eigenvalue weighted by Crippen LogP contribution is 2.39. The van der Waals surface area contributed by atoms with Gasteiger partial charge in [-0.25, -0.2) is 0 Å². The third kappa shape index (κ3) is 17.4. The van der Waals surface area contributed by atoms with Crippen molar-refractivity contribution in [2.24, 2.45) is 5.92 Å². The Labute approximate surface area is 392 Å². The van der Waals surface area contributed by atoms with Crippen molar-refractivity contribution in [3.8, 4) is 47.2 Å². The zero-order valence-electron chi connectivity index (χ0n) is 38.1. The molecule has 0 amide bonds. The minimum absolute atomic E-state index is 0. The molecule has 1 aliphatic rings. The first-order chi connectivity index (χ1) is 29.7. The van der Waals surface area contributed by atoms with E-state index >= 15 is 0 Å². The Balaban J connectivity index is 0.